The fourth-order valence-electron chi connectivity index (χ4n) is 2.82. The van der Waals surface area contributed by atoms with Crippen molar-refractivity contribution in [3.05, 3.63) is 11.8 Å². The van der Waals surface area contributed by atoms with E-state index < -0.39 is 11.7 Å². The van der Waals surface area contributed by atoms with Crippen LogP contribution in [0.1, 0.15) is 52.5 Å². The lowest BCUT2D eigenvalue weighted by Gasteiger charge is -2.20. The number of nitrogens with zero attached hydrogens (tertiary/aromatic N) is 2. The number of aryl methyl sites for hydroxylation is 1. The highest BCUT2D eigenvalue weighted by Crippen LogP contribution is 2.25. The maximum Gasteiger partial charge on any atom is 0.413 e. The van der Waals surface area contributed by atoms with Gasteiger partial charge < -0.3 is 10.1 Å². The van der Waals surface area contributed by atoms with Gasteiger partial charge in [0, 0.05) is 25.2 Å². The Balaban J connectivity index is 1.94. The van der Waals surface area contributed by atoms with Crippen LogP contribution in [0.4, 0.5) is 10.6 Å². The van der Waals surface area contributed by atoms with Gasteiger partial charge in [0.2, 0.25) is 0 Å². The summed E-state index contributed by atoms with van der Waals surface area (Å²) in [7, 11) is 1.81. The zero-order chi connectivity index (χ0) is 16.3. The molecule has 2 rings (SSSR count). The van der Waals surface area contributed by atoms with Crippen molar-refractivity contribution in [1.82, 2.24) is 15.1 Å². The molecule has 0 bridgehead atoms. The lowest BCUT2D eigenvalue weighted by atomic mass is 10.1. The van der Waals surface area contributed by atoms with E-state index in [0.717, 1.165) is 11.5 Å². The van der Waals surface area contributed by atoms with Gasteiger partial charge in [0.05, 0.1) is 6.20 Å². The number of amides is 1. The Kier molecular flexibility index (Phi) is 5.11. The smallest absolute Gasteiger partial charge is 0.413 e. The standard InChI is InChI=1S/C16H28N4O2/c1-11-6-7-13(8-11)17-9-12-10-18-20(5)14(12)19-15(21)22-16(2,3)4/h10-11,13,17H,6-9H2,1-5H3,(H,19,21). The second-order valence-corrected chi connectivity index (χ2v) is 7.26. The molecule has 1 saturated carbocycles. The van der Waals surface area contributed by atoms with E-state index in [4.69, 9.17) is 4.74 Å². The molecular formula is C16H28N4O2. The molecule has 2 unspecified atom stereocenters. The van der Waals surface area contributed by atoms with Gasteiger partial charge in [-0.25, -0.2) is 4.79 Å². The van der Waals surface area contributed by atoms with E-state index in [1.807, 2.05) is 27.8 Å². The normalized spacial score (nSPS) is 21.9. The first kappa shape index (κ1) is 16.8. The average molecular weight is 308 g/mol. The van der Waals surface area contributed by atoms with Gasteiger partial charge in [0.1, 0.15) is 11.4 Å². The largest absolute Gasteiger partial charge is 0.444 e. The number of hydrogen-bond acceptors (Lipinski definition) is 4. The Morgan fingerprint density at radius 3 is 2.77 bits per heavy atom. The molecule has 2 atom stereocenters. The molecule has 6 nitrogen and oxygen atoms in total. The molecule has 1 fully saturated rings. The molecule has 0 saturated heterocycles. The van der Waals surface area contributed by atoms with E-state index in [1.54, 1.807) is 10.9 Å². The van der Waals surface area contributed by atoms with Gasteiger partial charge in [-0.15, -0.1) is 0 Å². The SMILES string of the molecule is CC1CCC(NCc2cnn(C)c2NC(=O)OC(C)(C)C)C1. The summed E-state index contributed by atoms with van der Waals surface area (Å²) in [5, 5.41) is 10.6. The number of hydrogen-bond donors (Lipinski definition) is 2. The summed E-state index contributed by atoms with van der Waals surface area (Å²) in [6.45, 7) is 8.54. The van der Waals surface area contributed by atoms with Gasteiger partial charge in [-0.1, -0.05) is 6.92 Å². The van der Waals surface area contributed by atoms with Crippen LogP contribution in [-0.2, 0) is 18.3 Å². The van der Waals surface area contributed by atoms with Gasteiger partial charge in [0.25, 0.3) is 0 Å². The highest BCUT2D eigenvalue weighted by Gasteiger charge is 2.22. The second-order valence-electron chi connectivity index (χ2n) is 7.26. The van der Waals surface area contributed by atoms with Gasteiger partial charge in [-0.3, -0.25) is 10.00 Å². The molecule has 6 heteroatoms. The predicted molar refractivity (Wildman–Crippen MR) is 86.7 cm³/mol. The minimum absolute atomic E-state index is 0.452. The number of ether oxygens (including phenoxy) is 1. The number of carbonyl (C=O) groups excluding carboxylic acids is 1. The number of carbonyl (C=O) groups is 1. The van der Waals surface area contributed by atoms with E-state index in [-0.39, 0.29) is 0 Å². The topological polar surface area (TPSA) is 68.2 Å². The van der Waals surface area contributed by atoms with E-state index in [0.29, 0.717) is 18.4 Å². The third-order valence-electron chi connectivity index (χ3n) is 3.91. The van der Waals surface area contributed by atoms with E-state index in [9.17, 15) is 4.79 Å². The molecule has 1 aromatic rings. The summed E-state index contributed by atoms with van der Waals surface area (Å²) in [4.78, 5) is 11.9. The number of nitrogens with one attached hydrogen (secondary N) is 2. The van der Waals surface area contributed by atoms with Crippen molar-refractivity contribution in [1.29, 1.82) is 0 Å². The molecule has 0 aliphatic heterocycles. The Labute approximate surface area is 132 Å². The molecule has 22 heavy (non-hydrogen) atoms. The zero-order valence-electron chi connectivity index (χ0n) is 14.3. The molecule has 1 aliphatic rings. The van der Waals surface area contributed by atoms with Gasteiger partial charge in [0.15, 0.2) is 0 Å². The molecule has 0 aromatic carbocycles. The van der Waals surface area contributed by atoms with Crippen molar-refractivity contribution >= 4 is 11.9 Å². The predicted octanol–water partition coefficient (Wildman–Crippen LogP) is 3.05. The van der Waals surface area contributed by atoms with Gasteiger partial charge in [-0.2, -0.15) is 5.10 Å². The van der Waals surface area contributed by atoms with Crippen molar-refractivity contribution in [3.8, 4) is 0 Å². The first-order valence-electron chi connectivity index (χ1n) is 7.99. The average Bonchev–Trinajstić information content (AvgIpc) is 2.93. The third kappa shape index (κ3) is 4.73. The van der Waals surface area contributed by atoms with Crippen LogP contribution in [-0.4, -0.2) is 27.5 Å². The van der Waals surface area contributed by atoms with Crippen molar-refractivity contribution in [2.24, 2.45) is 13.0 Å². The molecule has 1 amide bonds. The number of rotatable bonds is 4. The monoisotopic (exact) mass is 308 g/mol. The summed E-state index contributed by atoms with van der Waals surface area (Å²) >= 11 is 0. The van der Waals surface area contributed by atoms with Crippen LogP contribution in [0.2, 0.25) is 0 Å². The zero-order valence-corrected chi connectivity index (χ0v) is 14.3. The summed E-state index contributed by atoms with van der Waals surface area (Å²) in [5.74, 6) is 1.48. The molecule has 0 radical (unpaired) electrons. The van der Waals surface area contributed by atoms with Crippen LogP contribution in [0, 0.1) is 5.92 Å². The molecule has 1 aliphatic carbocycles. The van der Waals surface area contributed by atoms with Crippen molar-refractivity contribution < 1.29 is 9.53 Å². The quantitative estimate of drug-likeness (QED) is 0.897. The fourth-order valence-corrected chi connectivity index (χ4v) is 2.82. The maximum atomic E-state index is 11.9. The molecule has 124 valence electrons. The van der Waals surface area contributed by atoms with Crippen molar-refractivity contribution in [2.75, 3.05) is 5.32 Å². The number of aromatic nitrogens is 2. The Morgan fingerprint density at radius 2 is 2.18 bits per heavy atom. The van der Waals surface area contributed by atoms with Crippen LogP contribution in [0.15, 0.2) is 6.20 Å². The van der Waals surface area contributed by atoms with Crippen LogP contribution >= 0.6 is 0 Å². The van der Waals surface area contributed by atoms with Crippen LogP contribution in [0.3, 0.4) is 0 Å². The Morgan fingerprint density at radius 1 is 1.45 bits per heavy atom. The molecule has 2 N–H and O–H groups in total. The van der Waals surface area contributed by atoms with E-state index in [1.165, 1.54) is 19.3 Å². The Hall–Kier alpha value is -1.56. The maximum absolute atomic E-state index is 11.9. The van der Waals surface area contributed by atoms with Crippen molar-refractivity contribution in [3.63, 3.8) is 0 Å². The number of anilines is 1. The minimum atomic E-state index is -0.513. The van der Waals surface area contributed by atoms with Gasteiger partial charge in [-0.05, 0) is 46.0 Å². The highest BCUT2D eigenvalue weighted by molar-refractivity contribution is 5.84. The van der Waals surface area contributed by atoms with Crippen LogP contribution in [0.25, 0.3) is 0 Å². The Bertz CT molecular complexity index is 519. The first-order chi connectivity index (χ1) is 10.2. The lowest BCUT2D eigenvalue weighted by Crippen LogP contribution is -2.29. The van der Waals surface area contributed by atoms with Crippen LogP contribution < -0.4 is 10.6 Å². The van der Waals surface area contributed by atoms with Crippen molar-refractivity contribution in [2.45, 2.75) is 65.1 Å². The third-order valence-corrected chi connectivity index (χ3v) is 3.91. The van der Waals surface area contributed by atoms with Gasteiger partial charge >= 0.3 is 6.09 Å². The second kappa shape index (κ2) is 6.69. The molecule has 0 spiro atoms. The van der Waals surface area contributed by atoms with Crippen LogP contribution in [0.5, 0.6) is 0 Å². The first-order valence-corrected chi connectivity index (χ1v) is 7.99. The summed E-state index contributed by atoms with van der Waals surface area (Å²) in [6, 6.07) is 0.560. The summed E-state index contributed by atoms with van der Waals surface area (Å²) < 4.78 is 6.97. The summed E-state index contributed by atoms with van der Waals surface area (Å²) in [5.41, 5.74) is 0.467. The molecule has 1 aromatic heterocycles. The van der Waals surface area contributed by atoms with E-state index >= 15 is 0 Å². The molecular weight excluding hydrogens is 280 g/mol. The molecule has 1 heterocycles. The minimum Gasteiger partial charge on any atom is -0.444 e. The fraction of sp³-hybridized carbons (Fsp3) is 0.750. The highest BCUT2D eigenvalue weighted by atomic mass is 16.6. The van der Waals surface area contributed by atoms with E-state index in [2.05, 4.69) is 22.7 Å². The lowest BCUT2D eigenvalue weighted by molar-refractivity contribution is 0.0634. The summed E-state index contributed by atoms with van der Waals surface area (Å²) in [6.07, 6.45) is 5.06.